The zero-order valence-corrected chi connectivity index (χ0v) is 20.4. The predicted molar refractivity (Wildman–Crippen MR) is 126 cm³/mol. The summed E-state index contributed by atoms with van der Waals surface area (Å²) in [6.45, 7) is 1.84. The number of alkyl halides is 3. The molecule has 1 saturated heterocycles. The first-order valence-corrected chi connectivity index (χ1v) is 12.9. The molecule has 8 nitrogen and oxygen atoms in total. The number of carbonyl (C=O) groups excluding carboxylic acids is 1. The van der Waals surface area contributed by atoms with Crippen LogP contribution in [0.4, 0.5) is 28.9 Å². The summed E-state index contributed by atoms with van der Waals surface area (Å²) in [7, 11) is -3.76. The molecule has 1 aromatic heterocycles. The Bertz CT molecular complexity index is 1410. The molecule has 0 bridgehead atoms. The van der Waals surface area contributed by atoms with Gasteiger partial charge in [-0.15, -0.1) is 0 Å². The Morgan fingerprint density at radius 3 is 2.64 bits per heavy atom. The largest absolute Gasteiger partial charge is 0.419 e. The zero-order chi connectivity index (χ0) is 26.4. The van der Waals surface area contributed by atoms with Crippen LogP contribution in [0.1, 0.15) is 42.1 Å². The van der Waals surface area contributed by atoms with Gasteiger partial charge in [0.1, 0.15) is 17.9 Å². The highest BCUT2D eigenvalue weighted by Gasteiger charge is 2.46. The molecule has 1 atom stereocenters. The van der Waals surface area contributed by atoms with E-state index in [2.05, 4.69) is 9.71 Å². The van der Waals surface area contributed by atoms with Gasteiger partial charge in [0, 0.05) is 13.0 Å². The molecule has 0 aliphatic carbocycles. The summed E-state index contributed by atoms with van der Waals surface area (Å²) in [6.07, 6.45) is -2.85. The number of benzene rings is 1. The molecule has 14 heteroatoms. The molecule has 3 heterocycles. The fraction of sp³-hybridized carbons (Fsp3) is 0.364. The Morgan fingerprint density at radius 1 is 1.28 bits per heavy atom. The Morgan fingerprint density at radius 2 is 2.00 bits per heavy atom. The molecule has 2 aliphatic rings. The van der Waals surface area contributed by atoms with Gasteiger partial charge in [0.15, 0.2) is 10.8 Å². The number of hydrogen-bond acceptors (Lipinski definition) is 6. The molecule has 1 amide bonds. The quantitative estimate of drug-likeness (QED) is 0.439. The van der Waals surface area contributed by atoms with E-state index in [-0.39, 0.29) is 35.2 Å². The lowest BCUT2D eigenvalue weighted by Crippen LogP contribution is -2.40. The van der Waals surface area contributed by atoms with Crippen LogP contribution in [-0.4, -0.2) is 41.1 Å². The minimum atomic E-state index is -4.87. The Labute approximate surface area is 209 Å². The summed E-state index contributed by atoms with van der Waals surface area (Å²) in [6, 6.07) is 3.62. The van der Waals surface area contributed by atoms with Crippen molar-refractivity contribution in [3.05, 3.63) is 52.6 Å². The zero-order valence-electron chi connectivity index (χ0n) is 18.8. The second-order valence-corrected chi connectivity index (χ2v) is 10.6. The van der Waals surface area contributed by atoms with E-state index in [4.69, 9.17) is 17.5 Å². The number of thiocarbonyl (C=S) groups is 1. The van der Waals surface area contributed by atoms with Crippen LogP contribution in [0.15, 0.2) is 24.4 Å². The molecule has 0 radical (unpaired) electrons. The fourth-order valence-corrected chi connectivity index (χ4v) is 5.80. The van der Waals surface area contributed by atoms with Crippen molar-refractivity contribution in [2.75, 3.05) is 15.4 Å². The van der Waals surface area contributed by atoms with Crippen molar-refractivity contribution < 1.29 is 30.8 Å². The number of nitrogens with one attached hydrogen (secondary N) is 1. The fourth-order valence-electron chi connectivity index (χ4n) is 4.15. The molecule has 190 valence electrons. The highest BCUT2D eigenvalue weighted by Crippen LogP contribution is 2.38. The van der Waals surface area contributed by atoms with Crippen molar-refractivity contribution in [1.82, 2.24) is 9.88 Å². The van der Waals surface area contributed by atoms with E-state index in [1.165, 1.54) is 17.0 Å². The minimum absolute atomic E-state index is 0.0143. The predicted octanol–water partition coefficient (Wildman–Crippen LogP) is 3.71. The number of pyridine rings is 1. The number of rotatable bonds is 6. The van der Waals surface area contributed by atoms with Gasteiger partial charge in [0.2, 0.25) is 10.0 Å². The Kier molecular flexibility index (Phi) is 6.65. The third-order valence-corrected chi connectivity index (χ3v) is 7.71. The number of halogens is 4. The average molecular weight is 542 g/mol. The topological polar surface area (TPSA) is 106 Å². The number of fused-ring (bicyclic) bond motifs is 2. The van der Waals surface area contributed by atoms with Crippen molar-refractivity contribution in [3.63, 3.8) is 0 Å². The summed E-state index contributed by atoms with van der Waals surface area (Å²) >= 11 is 5.39. The molecule has 1 unspecified atom stereocenters. The van der Waals surface area contributed by atoms with E-state index < -0.39 is 45.2 Å². The van der Waals surface area contributed by atoms with E-state index in [0.717, 1.165) is 17.2 Å². The van der Waals surface area contributed by atoms with Gasteiger partial charge in [0.05, 0.1) is 28.9 Å². The first-order chi connectivity index (χ1) is 16.9. The van der Waals surface area contributed by atoms with Crippen molar-refractivity contribution >= 4 is 44.6 Å². The van der Waals surface area contributed by atoms with Crippen LogP contribution >= 0.6 is 12.2 Å². The lowest BCUT2D eigenvalue weighted by molar-refractivity contribution is -0.138. The molecule has 0 spiro atoms. The molecular weight excluding hydrogens is 522 g/mol. The van der Waals surface area contributed by atoms with Gasteiger partial charge < -0.3 is 4.90 Å². The number of hydrogen-bond donors (Lipinski definition) is 1. The van der Waals surface area contributed by atoms with Crippen LogP contribution < -0.4 is 9.62 Å². The van der Waals surface area contributed by atoms with Gasteiger partial charge in [0.25, 0.3) is 5.91 Å². The van der Waals surface area contributed by atoms with E-state index in [1.54, 1.807) is 0 Å². The highest BCUT2D eigenvalue weighted by atomic mass is 32.2. The third kappa shape index (κ3) is 4.72. The summed E-state index contributed by atoms with van der Waals surface area (Å²) in [4.78, 5) is 19.1. The number of nitriles is 1. The number of unbranched alkanes of at least 4 members (excludes halogenated alkanes) is 1. The number of carbonyl (C=O) groups is 1. The summed E-state index contributed by atoms with van der Waals surface area (Å²) in [5.41, 5.74) is -1.64. The molecule has 1 aromatic carbocycles. The smallest absolute Gasteiger partial charge is 0.332 e. The summed E-state index contributed by atoms with van der Waals surface area (Å²) in [5, 5.41) is 8.89. The van der Waals surface area contributed by atoms with Crippen LogP contribution in [0, 0.1) is 17.1 Å². The number of nitrogens with zero attached hydrogens (tertiary/aromatic N) is 4. The second kappa shape index (κ2) is 9.29. The number of anilines is 2. The molecule has 1 N–H and O–H groups in total. The normalized spacial score (nSPS) is 17.6. The Hall–Kier alpha value is -3.31. The molecule has 4 rings (SSSR count). The SMILES string of the molecule is CCCCS(=O)(=O)Nc1cc2c(cc1F)CC1C(=O)N(c3cnc(C#N)c(C(F)(F)F)c3)C(=S)N1C2. The van der Waals surface area contributed by atoms with Crippen LogP contribution in [0.5, 0.6) is 0 Å². The molecule has 36 heavy (non-hydrogen) atoms. The maximum Gasteiger partial charge on any atom is 0.419 e. The average Bonchev–Trinajstić information content (AvgIpc) is 3.05. The number of sulfonamides is 1. The van der Waals surface area contributed by atoms with Gasteiger partial charge in [-0.25, -0.2) is 17.8 Å². The molecular formula is C22H19F4N5O3S2. The monoisotopic (exact) mass is 541 g/mol. The maximum atomic E-state index is 14.7. The van der Waals surface area contributed by atoms with Crippen LogP contribution in [-0.2, 0) is 34.0 Å². The van der Waals surface area contributed by atoms with Crippen LogP contribution in [0.3, 0.4) is 0 Å². The number of amides is 1. The lowest BCUT2D eigenvalue weighted by Gasteiger charge is -2.30. The molecule has 2 aliphatic heterocycles. The molecule has 2 aromatic rings. The van der Waals surface area contributed by atoms with E-state index >= 15 is 0 Å². The molecule has 1 fully saturated rings. The first-order valence-electron chi connectivity index (χ1n) is 10.8. The van der Waals surface area contributed by atoms with Gasteiger partial charge in [-0.2, -0.15) is 18.4 Å². The van der Waals surface area contributed by atoms with Gasteiger partial charge >= 0.3 is 6.18 Å². The van der Waals surface area contributed by atoms with Gasteiger partial charge in [-0.05, 0) is 48.0 Å². The van der Waals surface area contributed by atoms with Crippen molar-refractivity contribution in [1.29, 1.82) is 5.26 Å². The second-order valence-electron chi connectivity index (χ2n) is 8.38. The summed E-state index contributed by atoms with van der Waals surface area (Å²) < 4.78 is 81.7. The van der Waals surface area contributed by atoms with Crippen molar-refractivity contribution in [2.45, 2.75) is 44.9 Å². The van der Waals surface area contributed by atoms with E-state index in [1.807, 2.05) is 6.92 Å². The van der Waals surface area contributed by atoms with E-state index in [0.29, 0.717) is 30.0 Å². The maximum absolute atomic E-state index is 14.7. The van der Waals surface area contributed by atoms with Gasteiger partial charge in [-0.3, -0.25) is 14.4 Å². The first kappa shape index (κ1) is 25.8. The standard InChI is InChI=1S/C22H19F4N5O3S2/c1-2-3-4-36(33,34)29-17-6-13-11-30-19(7-12(13)5-16(17)23)20(32)31(21(30)35)14-8-15(22(24,25)26)18(9-27)28-10-14/h5-6,8,10,19,29H,2-4,7,11H2,1H3. The lowest BCUT2D eigenvalue weighted by atomic mass is 9.94. The van der Waals surface area contributed by atoms with Crippen molar-refractivity contribution in [2.24, 2.45) is 0 Å². The number of aromatic nitrogens is 1. The summed E-state index contributed by atoms with van der Waals surface area (Å²) in [5.74, 6) is -1.59. The van der Waals surface area contributed by atoms with E-state index in [9.17, 15) is 30.8 Å². The minimum Gasteiger partial charge on any atom is -0.332 e. The van der Waals surface area contributed by atoms with Crippen molar-refractivity contribution in [3.8, 4) is 6.07 Å². The molecule has 0 saturated carbocycles. The Balaban J connectivity index is 1.64. The highest BCUT2D eigenvalue weighted by molar-refractivity contribution is 7.92. The third-order valence-electron chi connectivity index (χ3n) is 5.94. The van der Waals surface area contributed by atoms with Gasteiger partial charge in [-0.1, -0.05) is 13.3 Å². The van der Waals surface area contributed by atoms with Crippen LogP contribution in [0.2, 0.25) is 0 Å². The van der Waals surface area contributed by atoms with Crippen LogP contribution in [0.25, 0.3) is 0 Å².